The molecule has 1 aliphatic rings. The highest BCUT2D eigenvalue weighted by Crippen LogP contribution is 2.21. The summed E-state index contributed by atoms with van der Waals surface area (Å²) in [4.78, 5) is 37.9. The van der Waals surface area contributed by atoms with Gasteiger partial charge in [0, 0.05) is 12.7 Å². The van der Waals surface area contributed by atoms with Gasteiger partial charge in [0.15, 0.2) is 0 Å². The highest BCUT2D eigenvalue weighted by molar-refractivity contribution is 5.98. The van der Waals surface area contributed by atoms with Crippen molar-refractivity contribution in [3.63, 3.8) is 0 Å². The summed E-state index contributed by atoms with van der Waals surface area (Å²) in [6.45, 7) is 2.31. The number of aromatic nitrogens is 1. The van der Waals surface area contributed by atoms with Gasteiger partial charge in [0.25, 0.3) is 11.5 Å². The molecule has 0 bridgehead atoms. The third-order valence-corrected chi connectivity index (χ3v) is 4.71. The molecule has 2 heterocycles. The lowest BCUT2D eigenvalue weighted by molar-refractivity contribution is -0.122. The summed E-state index contributed by atoms with van der Waals surface area (Å²) in [6, 6.07) is 8.17. The van der Waals surface area contributed by atoms with Crippen LogP contribution in [0.4, 0.5) is 0 Å². The Bertz CT molecular complexity index is 920. The van der Waals surface area contributed by atoms with E-state index in [2.05, 4.69) is 10.6 Å². The van der Waals surface area contributed by atoms with E-state index in [1.807, 2.05) is 0 Å². The molecule has 1 saturated heterocycles. The number of ether oxygens (including phenoxy) is 1. The number of para-hydroxylation sites is 2. The summed E-state index contributed by atoms with van der Waals surface area (Å²) in [5.41, 5.74) is 0.676. The first-order chi connectivity index (χ1) is 13.0. The van der Waals surface area contributed by atoms with Crippen molar-refractivity contribution in [3.05, 3.63) is 58.0 Å². The molecule has 2 N–H and O–H groups in total. The highest BCUT2D eigenvalue weighted by atomic mass is 16.5. The molecule has 0 radical (unpaired) electrons. The lowest BCUT2D eigenvalue weighted by Crippen LogP contribution is -2.47. The molecular formula is C20H23N3O4. The maximum absolute atomic E-state index is 13.0. The van der Waals surface area contributed by atoms with Crippen molar-refractivity contribution in [2.45, 2.75) is 32.2 Å². The van der Waals surface area contributed by atoms with Crippen LogP contribution >= 0.6 is 0 Å². The summed E-state index contributed by atoms with van der Waals surface area (Å²) in [7, 11) is 1.52. The molecular weight excluding hydrogens is 346 g/mol. The topological polar surface area (TPSA) is 89.4 Å². The number of amides is 2. The number of hydrogen-bond acceptors (Lipinski definition) is 4. The number of methoxy groups -OCH3 is 1. The van der Waals surface area contributed by atoms with Gasteiger partial charge in [0.1, 0.15) is 17.4 Å². The van der Waals surface area contributed by atoms with Crippen molar-refractivity contribution in [2.24, 2.45) is 0 Å². The average molecular weight is 369 g/mol. The van der Waals surface area contributed by atoms with Gasteiger partial charge >= 0.3 is 0 Å². The number of nitrogens with zero attached hydrogens (tertiary/aromatic N) is 1. The van der Waals surface area contributed by atoms with E-state index < -0.39 is 17.5 Å². The minimum Gasteiger partial charge on any atom is -0.495 e. The number of carbonyl (C=O) groups is 2. The predicted octanol–water partition coefficient (Wildman–Crippen LogP) is 1.55. The molecule has 3 rings (SSSR count). The van der Waals surface area contributed by atoms with Crippen LogP contribution in [-0.2, 0) is 4.79 Å². The highest BCUT2D eigenvalue weighted by Gasteiger charge is 2.25. The minimum atomic E-state index is -0.626. The van der Waals surface area contributed by atoms with Crippen LogP contribution in [-0.4, -0.2) is 36.1 Å². The van der Waals surface area contributed by atoms with Crippen LogP contribution in [0.5, 0.6) is 5.75 Å². The number of hydrogen-bond donors (Lipinski definition) is 2. The summed E-state index contributed by atoms with van der Waals surface area (Å²) >= 11 is 0. The first-order valence-corrected chi connectivity index (χ1v) is 8.97. The first kappa shape index (κ1) is 18.7. The molecule has 142 valence electrons. The van der Waals surface area contributed by atoms with Crippen molar-refractivity contribution in [2.75, 3.05) is 13.7 Å². The van der Waals surface area contributed by atoms with Gasteiger partial charge in [-0.15, -0.1) is 0 Å². The van der Waals surface area contributed by atoms with Crippen LogP contribution in [0.2, 0.25) is 0 Å². The largest absolute Gasteiger partial charge is 0.495 e. The summed E-state index contributed by atoms with van der Waals surface area (Å²) in [5.74, 6) is -0.221. The van der Waals surface area contributed by atoms with Gasteiger partial charge in [-0.25, -0.2) is 0 Å². The molecule has 1 aliphatic heterocycles. The standard InChI is InChI=1S/C20H23N3O4/c1-13-10-12-23(15-8-3-4-9-16(15)27-2)20(26)17(13)19(25)22-14-7-5-6-11-21-18(14)24/h3-4,8-10,12,14H,5-7,11H2,1-2H3,(H,21,24)(H,22,25). The molecule has 2 aromatic rings. The van der Waals surface area contributed by atoms with E-state index in [0.717, 1.165) is 12.8 Å². The fraction of sp³-hybridized carbons (Fsp3) is 0.350. The van der Waals surface area contributed by atoms with Crippen molar-refractivity contribution >= 4 is 11.8 Å². The zero-order valence-corrected chi connectivity index (χ0v) is 15.5. The second kappa shape index (κ2) is 8.07. The third kappa shape index (κ3) is 3.86. The summed E-state index contributed by atoms with van der Waals surface area (Å²) in [5, 5.41) is 5.50. The Kier molecular flexibility index (Phi) is 5.59. The number of benzene rings is 1. The minimum absolute atomic E-state index is 0.0282. The Morgan fingerprint density at radius 1 is 1.22 bits per heavy atom. The molecule has 7 nitrogen and oxygen atoms in total. The number of pyridine rings is 1. The Morgan fingerprint density at radius 2 is 2.00 bits per heavy atom. The SMILES string of the molecule is COc1ccccc1-n1ccc(C)c(C(=O)NC2CCCCNC2=O)c1=O. The Morgan fingerprint density at radius 3 is 2.78 bits per heavy atom. The molecule has 0 aliphatic carbocycles. The van der Waals surface area contributed by atoms with Crippen molar-refractivity contribution in [3.8, 4) is 11.4 Å². The second-order valence-corrected chi connectivity index (χ2v) is 6.53. The van der Waals surface area contributed by atoms with E-state index in [1.54, 1.807) is 43.5 Å². The molecule has 2 amide bonds. The number of aryl methyl sites for hydroxylation is 1. The Labute approximate surface area is 157 Å². The second-order valence-electron chi connectivity index (χ2n) is 6.53. The molecule has 1 atom stereocenters. The van der Waals surface area contributed by atoms with Crippen LogP contribution in [0.1, 0.15) is 35.2 Å². The monoisotopic (exact) mass is 369 g/mol. The Balaban J connectivity index is 1.97. The lowest BCUT2D eigenvalue weighted by Gasteiger charge is -2.17. The smallest absolute Gasteiger partial charge is 0.268 e. The average Bonchev–Trinajstić information content (AvgIpc) is 2.86. The van der Waals surface area contributed by atoms with Crippen LogP contribution in [0.3, 0.4) is 0 Å². The third-order valence-electron chi connectivity index (χ3n) is 4.71. The lowest BCUT2D eigenvalue weighted by atomic mass is 10.1. The van der Waals surface area contributed by atoms with Gasteiger partial charge in [-0.2, -0.15) is 0 Å². The van der Waals surface area contributed by atoms with E-state index in [0.29, 0.717) is 30.0 Å². The van der Waals surface area contributed by atoms with E-state index >= 15 is 0 Å². The molecule has 27 heavy (non-hydrogen) atoms. The summed E-state index contributed by atoms with van der Waals surface area (Å²) < 4.78 is 6.70. The molecule has 0 saturated carbocycles. The van der Waals surface area contributed by atoms with Crippen LogP contribution in [0, 0.1) is 6.92 Å². The molecule has 7 heteroatoms. The molecule has 1 aromatic carbocycles. The van der Waals surface area contributed by atoms with Crippen molar-refractivity contribution < 1.29 is 14.3 Å². The van der Waals surface area contributed by atoms with Gasteiger partial charge in [-0.3, -0.25) is 19.0 Å². The maximum Gasteiger partial charge on any atom is 0.268 e. The zero-order valence-electron chi connectivity index (χ0n) is 15.5. The van der Waals surface area contributed by atoms with Gasteiger partial charge in [-0.05, 0) is 49.9 Å². The fourth-order valence-corrected chi connectivity index (χ4v) is 3.23. The molecule has 1 unspecified atom stereocenters. The molecule has 0 spiro atoms. The van der Waals surface area contributed by atoms with E-state index in [9.17, 15) is 14.4 Å². The van der Waals surface area contributed by atoms with Crippen LogP contribution < -0.4 is 20.9 Å². The maximum atomic E-state index is 13.0. The van der Waals surface area contributed by atoms with Gasteiger partial charge in [0.05, 0.1) is 12.8 Å². The van der Waals surface area contributed by atoms with E-state index in [1.165, 1.54) is 11.7 Å². The van der Waals surface area contributed by atoms with Crippen LogP contribution in [0.15, 0.2) is 41.3 Å². The fourth-order valence-electron chi connectivity index (χ4n) is 3.23. The first-order valence-electron chi connectivity index (χ1n) is 8.97. The number of nitrogens with one attached hydrogen (secondary N) is 2. The van der Waals surface area contributed by atoms with Crippen molar-refractivity contribution in [1.82, 2.24) is 15.2 Å². The van der Waals surface area contributed by atoms with Gasteiger partial charge < -0.3 is 15.4 Å². The quantitative estimate of drug-likeness (QED) is 0.856. The Hall–Kier alpha value is -3.09. The zero-order chi connectivity index (χ0) is 19.4. The summed E-state index contributed by atoms with van der Waals surface area (Å²) in [6.07, 6.45) is 3.89. The van der Waals surface area contributed by atoms with Gasteiger partial charge in [0.2, 0.25) is 5.91 Å². The van der Waals surface area contributed by atoms with Crippen LogP contribution in [0.25, 0.3) is 5.69 Å². The number of carbonyl (C=O) groups excluding carboxylic acids is 2. The number of rotatable bonds is 4. The molecule has 1 fully saturated rings. The van der Waals surface area contributed by atoms with E-state index in [4.69, 9.17) is 4.74 Å². The van der Waals surface area contributed by atoms with E-state index in [-0.39, 0.29) is 11.5 Å². The van der Waals surface area contributed by atoms with Crippen molar-refractivity contribution in [1.29, 1.82) is 0 Å². The van der Waals surface area contributed by atoms with Gasteiger partial charge in [-0.1, -0.05) is 12.1 Å². The predicted molar refractivity (Wildman–Crippen MR) is 101 cm³/mol. The molecule has 1 aromatic heterocycles. The normalized spacial score (nSPS) is 17.0.